The van der Waals surface area contributed by atoms with Crippen molar-refractivity contribution in [2.45, 2.75) is 37.3 Å². The first-order valence-electron chi connectivity index (χ1n) is 5.20. The normalized spacial score (nSPS) is 35.1. The number of nitrogens with zero attached hydrogens (tertiary/aromatic N) is 1. The van der Waals surface area contributed by atoms with Gasteiger partial charge in [0.25, 0.3) is 0 Å². The third kappa shape index (κ3) is 1.33. The monoisotopic (exact) mass is 208 g/mol. The molecule has 2 saturated heterocycles. The molecule has 2 nitrogen and oxygen atoms in total. The molecule has 0 spiro atoms. The van der Waals surface area contributed by atoms with Gasteiger partial charge in [0.1, 0.15) is 5.15 Å². The van der Waals surface area contributed by atoms with E-state index >= 15 is 0 Å². The zero-order valence-electron chi connectivity index (χ0n) is 7.91. The maximum atomic E-state index is 5.77. The van der Waals surface area contributed by atoms with E-state index in [2.05, 4.69) is 16.4 Å². The van der Waals surface area contributed by atoms with E-state index in [-0.39, 0.29) is 0 Å². The van der Waals surface area contributed by atoms with Crippen molar-refractivity contribution >= 4 is 11.6 Å². The van der Waals surface area contributed by atoms with E-state index < -0.39 is 0 Å². The molecule has 0 radical (unpaired) electrons. The van der Waals surface area contributed by atoms with Gasteiger partial charge in [-0.3, -0.25) is 0 Å². The lowest BCUT2D eigenvalue weighted by atomic mass is 9.85. The van der Waals surface area contributed by atoms with Gasteiger partial charge in [-0.05, 0) is 30.9 Å². The Bertz CT molecular complexity index is 336. The Morgan fingerprint density at radius 3 is 2.86 bits per heavy atom. The molecule has 2 aliphatic heterocycles. The predicted octanol–water partition coefficient (Wildman–Crippen LogP) is 2.34. The highest BCUT2D eigenvalue weighted by molar-refractivity contribution is 6.29. The van der Waals surface area contributed by atoms with Crippen LogP contribution < -0.4 is 5.32 Å². The number of hydrogen-bond acceptors (Lipinski definition) is 2. The topological polar surface area (TPSA) is 24.9 Å². The van der Waals surface area contributed by atoms with Gasteiger partial charge in [-0.2, -0.15) is 0 Å². The Kier molecular flexibility index (Phi) is 1.99. The summed E-state index contributed by atoms with van der Waals surface area (Å²) in [5.74, 6) is 0.665. The highest BCUT2D eigenvalue weighted by atomic mass is 35.5. The lowest BCUT2D eigenvalue weighted by molar-refractivity contribution is 0.505. The molecule has 3 rings (SSSR count). The second kappa shape index (κ2) is 3.21. The average Bonchev–Trinajstić information content (AvgIpc) is 2.80. The molecule has 1 unspecified atom stereocenters. The maximum Gasteiger partial charge on any atom is 0.129 e. The van der Waals surface area contributed by atoms with E-state index in [0.717, 1.165) is 6.04 Å². The Labute approximate surface area is 88.7 Å². The third-order valence-electron chi connectivity index (χ3n) is 3.48. The van der Waals surface area contributed by atoms with E-state index in [0.29, 0.717) is 17.1 Å². The molecule has 2 bridgehead atoms. The van der Waals surface area contributed by atoms with Crippen LogP contribution >= 0.6 is 11.6 Å². The summed E-state index contributed by atoms with van der Waals surface area (Å²) in [7, 11) is 0. The summed E-state index contributed by atoms with van der Waals surface area (Å²) >= 11 is 5.77. The summed E-state index contributed by atoms with van der Waals surface area (Å²) in [5, 5.41) is 4.22. The number of hydrogen-bond donors (Lipinski definition) is 1. The van der Waals surface area contributed by atoms with Crippen molar-refractivity contribution in [2.24, 2.45) is 0 Å². The molecule has 3 heteroatoms. The van der Waals surface area contributed by atoms with Crippen LogP contribution in [-0.4, -0.2) is 17.1 Å². The molecular weight excluding hydrogens is 196 g/mol. The first-order valence-corrected chi connectivity index (χ1v) is 5.58. The van der Waals surface area contributed by atoms with Crippen molar-refractivity contribution in [3.05, 3.63) is 29.0 Å². The van der Waals surface area contributed by atoms with Gasteiger partial charge in [0, 0.05) is 24.2 Å². The van der Waals surface area contributed by atoms with E-state index in [4.69, 9.17) is 11.6 Å². The molecule has 1 N–H and O–H groups in total. The molecule has 0 amide bonds. The highest BCUT2D eigenvalue weighted by Gasteiger charge is 2.39. The first kappa shape index (κ1) is 8.69. The molecule has 3 heterocycles. The Hall–Kier alpha value is -0.600. The molecule has 14 heavy (non-hydrogen) atoms. The standard InChI is InChI=1S/C11H13ClN2/c12-11-4-1-7(6-13-11)9-5-8-2-3-10(9)14-8/h1,4,6,8-10,14H,2-3,5H2/t8?,9-,10+/m0/s1. The van der Waals surface area contributed by atoms with Crippen molar-refractivity contribution in [3.8, 4) is 0 Å². The average molecular weight is 209 g/mol. The van der Waals surface area contributed by atoms with Crippen molar-refractivity contribution < 1.29 is 0 Å². The van der Waals surface area contributed by atoms with E-state index in [1.165, 1.54) is 24.8 Å². The van der Waals surface area contributed by atoms with Gasteiger partial charge in [0.05, 0.1) is 0 Å². The Balaban J connectivity index is 1.86. The van der Waals surface area contributed by atoms with Gasteiger partial charge in [0.15, 0.2) is 0 Å². The Morgan fingerprint density at radius 2 is 2.29 bits per heavy atom. The minimum Gasteiger partial charge on any atom is -0.311 e. The number of rotatable bonds is 1. The van der Waals surface area contributed by atoms with E-state index in [9.17, 15) is 0 Å². The van der Waals surface area contributed by atoms with E-state index in [1.807, 2.05) is 12.3 Å². The summed E-state index contributed by atoms with van der Waals surface area (Å²) in [6, 6.07) is 5.44. The largest absolute Gasteiger partial charge is 0.311 e. The fraction of sp³-hybridized carbons (Fsp3) is 0.545. The summed E-state index contributed by atoms with van der Waals surface area (Å²) in [4.78, 5) is 4.14. The van der Waals surface area contributed by atoms with Crippen LogP contribution in [0.25, 0.3) is 0 Å². The number of aromatic nitrogens is 1. The van der Waals surface area contributed by atoms with Crippen LogP contribution in [0.4, 0.5) is 0 Å². The summed E-state index contributed by atoms with van der Waals surface area (Å²) in [6.07, 6.45) is 5.86. The van der Waals surface area contributed by atoms with Crippen LogP contribution in [0.5, 0.6) is 0 Å². The highest BCUT2D eigenvalue weighted by Crippen LogP contribution is 2.39. The van der Waals surface area contributed by atoms with Crippen LogP contribution in [0.15, 0.2) is 18.3 Å². The molecule has 0 saturated carbocycles. The molecule has 2 aliphatic rings. The van der Waals surface area contributed by atoms with Gasteiger partial charge < -0.3 is 5.32 Å². The van der Waals surface area contributed by atoms with Crippen LogP contribution in [-0.2, 0) is 0 Å². The minimum absolute atomic E-state index is 0.588. The van der Waals surface area contributed by atoms with Gasteiger partial charge in [-0.25, -0.2) is 4.98 Å². The molecule has 2 fully saturated rings. The van der Waals surface area contributed by atoms with Crippen LogP contribution in [0.3, 0.4) is 0 Å². The number of pyridine rings is 1. The number of halogens is 1. The van der Waals surface area contributed by atoms with Crippen LogP contribution in [0, 0.1) is 0 Å². The Morgan fingerprint density at radius 1 is 1.36 bits per heavy atom. The molecule has 3 atom stereocenters. The number of fused-ring (bicyclic) bond motifs is 2. The second-order valence-corrected chi connectivity index (χ2v) is 4.69. The summed E-state index contributed by atoms with van der Waals surface area (Å²) in [6.45, 7) is 0. The lowest BCUT2D eigenvalue weighted by Gasteiger charge is -2.19. The van der Waals surface area contributed by atoms with Gasteiger partial charge in [-0.1, -0.05) is 17.7 Å². The zero-order valence-corrected chi connectivity index (χ0v) is 8.67. The molecular formula is C11H13ClN2. The van der Waals surface area contributed by atoms with Crippen molar-refractivity contribution in [2.75, 3.05) is 0 Å². The molecule has 74 valence electrons. The maximum absolute atomic E-state index is 5.77. The third-order valence-corrected chi connectivity index (χ3v) is 3.70. The van der Waals surface area contributed by atoms with Crippen molar-refractivity contribution in [3.63, 3.8) is 0 Å². The molecule has 0 aliphatic carbocycles. The van der Waals surface area contributed by atoms with Crippen molar-refractivity contribution in [1.82, 2.24) is 10.3 Å². The first-order chi connectivity index (χ1) is 6.83. The van der Waals surface area contributed by atoms with Crippen LogP contribution in [0.2, 0.25) is 5.15 Å². The smallest absolute Gasteiger partial charge is 0.129 e. The van der Waals surface area contributed by atoms with Gasteiger partial charge in [0.2, 0.25) is 0 Å². The molecule has 1 aromatic heterocycles. The molecule has 1 aromatic rings. The van der Waals surface area contributed by atoms with Gasteiger partial charge >= 0.3 is 0 Å². The summed E-state index contributed by atoms with van der Waals surface area (Å²) < 4.78 is 0. The minimum atomic E-state index is 0.588. The van der Waals surface area contributed by atoms with Gasteiger partial charge in [-0.15, -0.1) is 0 Å². The number of nitrogens with one attached hydrogen (secondary N) is 1. The van der Waals surface area contributed by atoms with Crippen molar-refractivity contribution in [1.29, 1.82) is 0 Å². The second-order valence-electron chi connectivity index (χ2n) is 4.30. The predicted molar refractivity (Wildman–Crippen MR) is 56.6 cm³/mol. The lowest BCUT2D eigenvalue weighted by Crippen LogP contribution is -2.21. The fourth-order valence-electron chi connectivity index (χ4n) is 2.80. The van der Waals surface area contributed by atoms with Crippen LogP contribution in [0.1, 0.15) is 30.7 Å². The SMILES string of the molecule is Clc1ccc([C@@H]2CC3CC[C@H]2N3)cn1. The quantitative estimate of drug-likeness (QED) is 0.717. The van der Waals surface area contributed by atoms with E-state index in [1.54, 1.807) is 0 Å². The summed E-state index contributed by atoms with van der Waals surface area (Å²) in [5.41, 5.74) is 1.34. The zero-order chi connectivity index (χ0) is 9.54. The fourth-order valence-corrected chi connectivity index (χ4v) is 2.91. The molecule has 0 aromatic carbocycles.